The molecule has 0 unspecified atom stereocenters. The third-order valence-electron chi connectivity index (χ3n) is 4.72. The van der Waals surface area contributed by atoms with E-state index >= 15 is 0 Å². The summed E-state index contributed by atoms with van der Waals surface area (Å²) in [6.45, 7) is 2.53. The van der Waals surface area contributed by atoms with Crippen molar-refractivity contribution >= 4 is 54.8 Å². The summed E-state index contributed by atoms with van der Waals surface area (Å²) in [4.78, 5) is 30.4. The van der Waals surface area contributed by atoms with Gasteiger partial charge in [0.1, 0.15) is 5.75 Å². The molecule has 0 saturated heterocycles. The summed E-state index contributed by atoms with van der Waals surface area (Å²) in [6, 6.07) is 13.6. The lowest BCUT2D eigenvalue weighted by Gasteiger charge is -2.22. The number of aromatic nitrogens is 1. The molecule has 4 rings (SSSR count). The van der Waals surface area contributed by atoms with E-state index in [4.69, 9.17) is 10.5 Å². The minimum atomic E-state index is -0.437. The molecule has 154 valence electrons. The Morgan fingerprint density at radius 1 is 1.20 bits per heavy atom. The summed E-state index contributed by atoms with van der Waals surface area (Å²) >= 11 is 3.22. The average Bonchev–Trinajstić information content (AvgIpc) is 3.35. The molecule has 0 aliphatic carbocycles. The molecule has 0 fully saturated rings. The van der Waals surface area contributed by atoms with E-state index in [0.717, 1.165) is 30.9 Å². The fraction of sp³-hybridized carbons (Fsp3) is 0.227. The molecule has 0 saturated carbocycles. The van der Waals surface area contributed by atoms with Crippen LogP contribution in [0, 0.1) is 6.92 Å². The Labute approximate surface area is 181 Å². The van der Waals surface area contributed by atoms with Gasteiger partial charge in [-0.25, -0.2) is 4.98 Å². The van der Waals surface area contributed by atoms with Crippen molar-refractivity contribution in [1.82, 2.24) is 9.88 Å². The number of benzene rings is 2. The molecular formula is C22H21N3O3S2. The zero-order valence-electron chi connectivity index (χ0n) is 16.5. The Balaban J connectivity index is 1.53. The van der Waals surface area contributed by atoms with Crippen molar-refractivity contribution in [3.05, 3.63) is 58.4 Å². The first-order valence-corrected chi connectivity index (χ1v) is 11.2. The second kappa shape index (κ2) is 8.81. The van der Waals surface area contributed by atoms with Crippen LogP contribution in [0.15, 0.2) is 47.8 Å². The molecule has 30 heavy (non-hydrogen) atoms. The minimum absolute atomic E-state index is 0.111. The number of ether oxygens (including phenoxy) is 1. The molecule has 2 aromatic heterocycles. The third kappa shape index (κ3) is 4.44. The Bertz CT molecular complexity index is 1200. The van der Waals surface area contributed by atoms with Crippen LogP contribution in [-0.2, 0) is 16.1 Å². The summed E-state index contributed by atoms with van der Waals surface area (Å²) in [7, 11) is 0. The fourth-order valence-corrected chi connectivity index (χ4v) is 5.11. The maximum Gasteiger partial charge on any atom is 0.260 e. The van der Waals surface area contributed by atoms with Gasteiger partial charge < -0.3 is 15.4 Å². The quantitative estimate of drug-likeness (QED) is 0.448. The van der Waals surface area contributed by atoms with Gasteiger partial charge >= 0.3 is 0 Å². The lowest BCUT2D eigenvalue weighted by molar-refractivity contribution is -0.134. The molecule has 0 aliphatic rings. The molecule has 8 heteroatoms. The monoisotopic (exact) mass is 439 g/mol. The van der Waals surface area contributed by atoms with Crippen molar-refractivity contribution in [2.45, 2.75) is 19.9 Å². The van der Waals surface area contributed by atoms with Gasteiger partial charge in [0.15, 0.2) is 6.61 Å². The number of carbonyl (C=O) groups is 2. The van der Waals surface area contributed by atoms with Crippen LogP contribution < -0.4 is 10.5 Å². The van der Waals surface area contributed by atoms with E-state index in [1.807, 2.05) is 54.8 Å². The highest BCUT2D eigenvalue weighted by Gasteiger charge is 2.18. The Hall–Kier alpha value is -2.97. The Morgan fingerprint density at radius 3 is 2.77 bits per heavy atom. The van der Waals surface area contributed by atoms with Crippen LogP contribution in [0.1, 0.15) is 17.0 Å². The van der Waals surface area contributed by atoms with Crippen LogP contribution >= 0.6 is 22.7 Å². The van der Waals surface area contributed by atoms with Crippen LogP contribution in [0.3, 0.4) is 0 Å². The molecule has 2 amide bonds. The van der Waals surface area contributed by atoms with E-state index in [2.05, 4.69) is 4.98 Å². The van der Waals surface area contributed by atoms with Crippen molar-refractivity contribution < 1.29 is 14.3 Å². The number of rotatable bonds is 8. The van der Waals surface area contributed by atoms with Gasteiger partial charge in [-0.3, -0.25) is 9.59 Å². The molecule has 6 nitrogen and oxygen atoms in total. The first kappa shape index (κ1) is 20.3. The number of nitrogens with two attached hydrogens (primary N) is 1. The summed E-state index contributed by atoms with van der Waals surface area (Å²) in [6.07, 6.45) is 0.111. The number of aryl methyl sites for hydroxylation is 1. The number of nitrogens with zero attached hydrogens (tertiary/aromatic N) is 2. The lowest BCUT2D eigenvalue weighted by Crippen LogP contribution is -2.36. The number of amides is 2. The lowest BCUT2D eigenvalue weighted by atomic mass is 10.2. The van der Waals surface area contributed by atoms with Crippen LogP contribution in [0.4, 0.5) is 0 Å². The highest BCUT2D eigenvalue weighted by molar-refractivity contribution is 7.21. The molecule has 2 aromatic carbocycles. The smallest absolute Gasteiger partial charge is 0.260 e. The molecule has 0 radical (unpaired) electrons. The predicted molar refractivity (Wildman–Crippen MR) is 121 cm³/mol. The maximum absolute atomic E-state index is 12.9. The van der Waals surface area contributed by atoms with E-state index < -0.39 is 5.91 Å². The molecule has 2 heterocycles. The summed E-state index contributed by atoms with van der Waals surface area (Å²) < 4.78 is 8.07. The van der Waals surface area contributed by atoms with E-state index in [1.165, 1.54) is 0 Å². The zero-order chi connectivity index (χ0) is 21.1. The second-order valence-electron chi connectivity index (χ2n) is 6.92. The first-order chi connectivity index (χ1) is 14.5. The SMILES string of the molecule is Cc1nc2c(cc(OCC(=O)N(CCC(N)=O)Cc3ccccc3)c3ccsc32)s1. The van der Waals surface area contributed by atoms with Crippen LogP contribution in [0.2, 0.25) is 0 Å². The normalized spacial score (nSPS) is 11.1. The van der Waals surface area contributed by atoms with Crippen LogP contribution in [0.25, 0.3) is 20.3 Å². The van der Waals surface area contributed by atoms with Gasteiger partial charge in [0.25, 0.3) is 5.91 Å². The van der Waals surface area contributed by atoms with Crippen molar-refractivity contribution in [3.63, 3.8) is 0 Å². The topological polar surface area (TPSA) is 85.5 Å². The summed E-state index contributed by atoms with van der Waals surface area (Å²) in [5.74, 6) is 0.0437. The summed E-state index contributed by atoms with van der Waals surface area (Å²) in [5, 5.41) is 3.95. The highest BCUT2D eigenvalue weighted by Crippen LogP contribution is 2.38. The van der Waals surface area contributed by atoms with E-state index in [0.29, 0.717) is 12.3 Å². The molecule has 4 aromatic rings. The van der Waals surface area contributed by atoms with Crippen molar-refractivity contribution in [2.24, 2.45) is 5.73 Å². The number of hydrogen-bond acceptors (Lipinski definition) is 6. The van der Waals surface area contributed by atoms with E-state index in [-0.39, 0.29) is 25.5 Å². The standard InChI is InChI=1S/C22H21N3O3S2/c1-14-24-21-18(30-14)11-17(16-8-10-29-22(16)21)28-13-20(27)25(9-7-19(23)26)12-15-5-3-2-4-6-15/h2-6,8,10-11H,7,9,12-13H2,1H3,(H2,23,26). The molecule has 0 bridgehead atoms. The zero-order valence-corrected chi connectivity index (χ0v) is 18.1. The molecule has 0 spiro atoms. The van der Waals surface area contributed by atoms with Crippen molar-refractivity contribution in [2.75, 3.05) is 13.2 Å². The molecule has 2 N–H and O–H groups in total. The van der Waals surface area contributed by atoms with Gasteiger partial charge in [-0.05, 0) is 23.9 Å². The third-order valence-corrected chi connectivity index (χ3v) is 6.56. The van der Waals surface area contributed by atoms with Gasteiger partial charge in [0.2, 0.25) is 5.91 Å². The number of carbonyl (C=O) groups excluding carboxylic acids is 2. The molecule has 0 atom stereocenters. The number of thiophene rings is 1. The van der Waals surface area contributed by atoms with Crippen molar-refractivity contribution in [1.29, 1.82) is 0 Å². The second-order valence-corrected chi connectivity index (χ2v) is 9.07. The van der Waals surface area contributed by atoms with Gasteiger partial charge in [-0.1, -0.05) is 30.3 Å². The molecule has 0 aliphatic heterocycles. The van der Waals surface area contributed by atoms with E-state index in [9.17, 15) is 9.59 Å². The van der Waals surface area contributed by atoms with Gasteiger partial charge in [0.05, 0.1) is 19.9 Å². The van der Waals surface area contributed by atoms with Gasteiger partial charge in [-0.2, -0.15) is 0 Å². The minimum Gasteiger partial charge on any atom is -0.483 e. The maximum atomic E-state index is 12.9. The van der Waals surface area contributed by atoms with Gasteiger partial charge in [0, 0.05) is 31.0 Å². The molecular weight excluding hydrogens is 418 g/mol. The van der Waals surface area contributed by atoms with Crippen molar-refractivity contribution in [3.8, 4) is 5.75 Å². The first-order valence-electron chi connectivity index (χ1n) is 9.51. The Morgan fingerprint density at radius 2 is 2.00 bits per heavy atom. The summed E-state index contributed by atoms with van der Waals surface area (Å²) in [5.41, 5.74) is 7.26. The Kier molecular flexibility index (Phi) is 5.96. The average molecular weight is 440 g/mol. The number of hydrogen-bond donors (Lipinski definition) is 1. The predicted octanol–water partition coefficient (Wildman–Crippen LogP) is 4.10. The number of primary amides is 1. The van der Waals surface area contributed by atoms with Crippen LogP contribution in [-0.4, -0.2) is 34.8 Å². The number of fused-ring (bicyclic) bond motifs is 3. The fourth-order valence-electron chi connectivity index (χ4n) is 3.28. The number of thiazole rings is 1. The van der Waals surface area contributed by atoms with Crippen LogP contribution in [0.5, 0.6) is 5.75 Å². The van der Waals surface area contributed by atoms with E-state index in [1.54, 1.807) is 27.6 Å². The highest BCUT2D eigenvalue weighted by atomic mass is 32.1. The largest absolute Gasteiger partial charge is 0.483 e. The van der Waals surface area contributed by atoms with Gasteiger partial charge in [-0.15, -0.1) is 22.7 Å².